The van der Waals surface area contributed by atoms with Crippen molar-refractivity contribution in [2.75, 3.05) is 0 Å². The highest BCUT2D eigenvalue weighted by atomic mass is 15.1. The van der Waals surface area contributed by atoms with Gasteiger partial charge in [0.25, 0.3) is 5.82 Å². The van der Waals surface area contributed by atoms with Gasteiger partial charge in [0.1, 0.15) is 18.9 Å². The van der Waals surface area contributed by atoms with Crippen LogP contribution < -0.4 is 4.57 Å². The quantitative estimate of drug-likeness (QED) is 0.216. The van der Waals surface area contributed by atoms with Crippen LogP contribution in [0.2, 0.25) is 0 Å². The van der Waals surface area contributed by atoms with Gasteiger partial charge in [-0.3, -0.25) is 0 Å². The Hall–Kier alpha value is -1.57. The van der Waals surface area contributed by atoms with Crippen LogP contribution in [0, 0.1) is 0 Å². The van der Waals surface area contributed by atoms with E-state index in [1.165, 1.54) is 101 Å². The SMILES string of the molecule is CCCCCCCCCC[n+]1ccn(Cc2ccccc2)c1CCCCCC. The summed E-state index contributed by atoms with van der Waals surface area (Å²) >= 11 is 0. The van der Waals surface area contributed by atoms with E-state index in [1.54, 1.807) is 0 Å². The third kappa shape index (κ3) is 8.63. The van der Waals surface area contributed by atoms with Crippen LogP contribution in [0.1, 0.15) is 102 Å². The molecule has 2 aromatic rings. The Kier molecular flexibility index (Phi) is 11.7. The highest BCUT2D eigenvalue weighted by Gasteiger charge is 2.16. The number of benzene rings is 1. The molecular formula is C26H43N2+. The molecule has 28 heavy (non-hydrogen) atoms. The molecule has 0 spiro atoms. The average Bonchev–Trinajstić information content (AvgIpc) is 3.09. The van der Waals surface area contributed by atoms with Gasteiger partial charge >= 0.3 is 0 Å². The third-order valence-corrected chi connectivity index (χ3v) is 5.79. The van der Waals surface area contributed by atoms with Gasteiger partial charge in [0.15, 0.2) is 0 Å². The van der Waals surface area contributed by atoms with Gasteiger partial charge in [-0.05, 0) is 24.8 Å². The van der Waals surface area contributed by atoms with Crippen molar-refractivity contribution in [2.45, 2.75) is 110 Å². The first-order valence-electron chi connectivity index (χ1n) is 12.0. The van der Waals surface area contributed by atoms with Crippen LogP contribution in [-0.4, -0.2) is 4.57 Å². The minimum Gasteiger partial charge on any atom is -0.234 e. The molecule has 1 aromatic carbocycles. The maximum Gasteiger partial charge on any atom is 0.256 e. The first kappa shape index (κ1) is 22.7. The summed E-state index contributed by atoms with van der Waals surface area (Å²) in [7, 11) is 0. The summed E-state index contributed by atoms with van der Waals surface area (Å²) in [4.78, 5) is 0. The van der Waals surface area contributed by atoms with Crippen molar-refractivity contribution in [3.05, 3.63) is 54.1 Å². The summed E-state index contributed by atoms with van der Waals surface area (Å²) in [5.74, 6) is 1.52. The van der Waals surface area contributed by atoms with E-state index >= 15 is 0 Å². The molecule has 0 aliphatic heterocycles. The molecule has 0 saturated carbocycles. The molecule has 2 nitrogen and oxygen atoms in total. The molecule has 0 radical (unpaired) electrons. The molecule has 1 heterocycles. The molecule has 0 saturated heterocycles. The number of imidazole rings is 1. The molecule has 0 bridgehead atoms. The Bertz CT molecular complexity index is 615. The van der Waals surface area contributed by atoms with Crippen molar-refractivity contribution in [2.24, 2.45) is 0 Å². The average molecular weight is 384 g/mol. The van der Waals surface area contributed by atoms with Crippen molar-refractivity contribution in [1.82, 2.24) is 4.57 Å². The lowest BCUT2D eigenvalue weighted by Crippen LogP contribution is -2.37. The molecule has 2 heteroatoms. The van der Waals surface area contributed by atoms with Crippen molar-refractivity contribution < 1.29 is 4.57 Å². The van der Waals surface area contributed by atoms with Gasteiger partial charge in [-0.2, -0.15) is 0 Å². The number of nitrogens with zero attached hydrogens (tertiary/aromatic N) is 2. The van der Waals surface area contributed by atoms with Crippen LogP contribution in [0.5, 0.6) is 0 Å². The molecule has 0 N–H and O–H groups in total. The van der Waals surface area contributed by atoms with Crippen molar-refractivity contribution in [3.8, 4) is 0 Å². The van der Waals surface area contributed by atoms with Gasteiger partial charge in [-0.25, -0.2) is 9.13 Å². The van der Waals surface area contributed by atoms with Crippen LogP contribution in [0.25, 0.3) is 0 Å². The molecule has 2 rings (SSSR count). The largest absolute Gasteiger partial charge is 0.256 e. The summed E-state index contributed by atoms with van der Waals surface area (Å²) < 4.78 is 5.01. The molecule has 0 aliphatic rings. The zero-order valence-corrected chi connectivity index (χ0v) is 18.5. The second kappa shape index (κ2) is 14.4. The Morgan fingerprint density at radius 1 is 0.714 bits per heavy atom. The second-order valence-electron chi connectivity index (χ2n) is 8.31. The Balaban J connectivity index is 1.85. The number of rotatable bonds is 16. The number of aromatic nitrogens is 2. The van der Waals surface area contributed by atoms with Gasteiger partial charge in [-0.15, -0.1) is 0 Å². The molecule has 0 unspecified atom stereocenters. The summed E-state index contributed by atoms with van der Waals surface area (Å²) in [6.07, 6.45) is 22.3. The fourth-order valence-electron chi connectivity index (χ4n) is 4.04. The maximum atomic E-state index is 2.53. The van der Waals surface area contributed by atoms with Crippen LogP contribution in [0.15, 0.2) is 42.7 Å². The highest BCUT2D eigenvalue weighted by molar-refractivity contribution is 5.15. The van der Waals surface area contributed by atoms with Crippen LogP contribution in [-0.2, 0) is 19.5 Å². The van der Waals surface area contributed by atoms with Crippen molar-refractivity contribution in [3.63, 3.8) is 0 Å². The minimum atomic E-state index is 0.994. The summed E-state index contributed by atoms with van der Waals surface area (Å²) in [5, 5.41) is 0. The van der Waals surface area contributed by atoms with Crippen LogP contribution >= 0.6 is 0 Å². The Morgan fingerprint density at radius 2 is 1.32 bits per heavy atom. The predicted molar refractivity (Wildman–Crippen MR) is 121 cm³/mol. The van der Waals surface area contributed by atoms with E-state index in [2.05, 4.69) is 65.7 Å². The number of aryl methyl sites for hydroxylation is 1. The lowest BCUT2D eigenvalue weighted by molar-refractivity contribution is -0.704. The van der Waals surface area contributed by atoms with E-state index < -0.39 is 0 Å². The smallest absolute Gasteiger partial charge is 0.234 e. The molecule has 0 atom stereocenters. The topological polar surface area (TPSA) is 8.81 Å². The Labute approximate surface area is 174 Å². The molecular weight excluding hydrogens is 340 g/mol. The van der Waals surface area contributed by atoms with Gasteiger partial charge in [0.05, 0.1) is 6.54 Å². The minimum absolute atomic E-state index is 0.994. The van der Waals surface area contributed by atoms with E-state index in [1.807, 2.05) is 0 Å². The number of hydrogen-bond acceptors (Lipinski definition) is 0. The Morgan fingerprint density at radius 3 is 2.00 bits per heavy atom. The zero-order valence-electron chi connectivity index (χ0n) is 18.5. The first-order valence-corrected chi connectivity index (χ1v) is 12.0. The fraction of sp³-hybridized carbons (Fsp3) is 0.654. The van der Waals surface area contributed by atoms with E-state index in [9.17, 15) is 0 Å². The normalized spacial score (nSPS) is 11.2. The first-order chi connectivity index (χ1) is 13.8. The number of hydrogen-bond donors (Lipinski definition) is 0. The predicted octanol–water partition coefficient (Wildman–Crippen LogP) is 7.09. The number of unbranched alkanes of at least 4 members (excludes halogenated alkanes) is 10. The van der Waals surface area contributed by atoms with E-state index in [0.717, 1.165) is 6.54 Å². The third-order valence-electron chi connectivity index (χ3n) is 5.79. The van der Waals surface area contributed by atoms with E-state index in [0.29, 0.717) is 0 Å². The van der Waals surface area contributed by atoms with Gasteiger partial charge in [0, 0.05) is 6.42 Å². The maximum absolute atomic E-state index is 2.53. The molecule has 0 fully saturated rings. The monoisotopic (exact) mass is 383 g/mol. The van der Waals surface area contributed by atoms with Gasteiger partial charge in [0.2, 0.25) is 0 Å². The van der Waals surface area contributed by atoms with Gasteiger partial charge in [-0.1, -0.05) is 102 Å². The molecule has 156 valence electrons. The fourth-order valence-corrected chi connectivity index (χ4v) is 4.04. The lowest BCUT2D eigenvalue weighted by Gasteiger charge is -2.06. The van der Waals surface area contributed by atoms with E-state index in [-0.39, 0.29) is 0 Å². The summed E-state index contributed by atoms with van der Waals surface area (Å²) in [6.45, 7) is 6.76. The van der Waals surface area contributed by atoms with Crippen molar-refractivity contribution >= 4 is 0 Å². The van der Waals surface area contributed by atoms with Gasteiger partial charge < -0.3 is 0 Å². The highest BCUT2D eigenvalue weighted by Crippen LogP contribution is 2.11. The van der Waals surface area contributed by atoms with E-state index in [4.69, 9.17) is 0 Å². The zero-order chi connectivity index (χ0) is 19.9. The van der Waals surface area contributed by atoms with Crippen LogP contribution in [0.4, 0.5) is 0 Å². The molecule has 0 amide bonds. The second-order valence-corrected chi connectivity index (χ2v) is 8.31. The summed E-state index contributed by atoms with van der Waals surface area (Å²) in [5.41, 5.74) is 1.40. The summed E-state index contributed by atoms with van der Waals surface area (Å²) in [6, 6.07) is 10.9. The van der Waals surface area contributed by atoms with Crippen molar-refractivity contribution in [1.29, 1.82) is 0 Å². The molecule has 1 aromatic heterocycles. The standard InChI is InChI=1S/C26H43N2/c1-3-5-7-9-10-11-12-17-21-27-22-23-28(24-25-18-14-13-15-19-25)26(27)20-16-8-6-4-2/h13-15,18-19,22-23H,3-12,16-17,20-21,24H2,1-2H3/q+1. The molecule has 0 aliphatic carbocycles. The lowest BCUT2D eigenvalue weighted by atomic mass is 10.1. The van der Waals surface area contributed by atoms with Crippen LogP contribution in [0.3, 0.4) is 0 Å².